The normalized spacial score (nSPS) is 40.7. The number of nitriles is 1. The average molecular weight is 283 g/mol. The standard InChI is InChI=1S/C17H17NO3/c1-10(19)13-14(11-7-5-4-6-8-11)17(3)16(13,2)12(9-18)15(20)21-17/h4-8,12-14H,1-3H3/t12-,13+,14-,16-,17-/m1/s1. The van der Waals surface area contributed by atoms with Crippen molar-refractivity contribution in [2.75, 3.05) is 0 Å². The van der Waals surface area contributed by atoms with Gasteiger partial charge in [0.25, 0.3) is 0 Å². The van der Waals surface area contributed by atoms with Crippen molar-refractivity contribution in [3.63, 3.8) is 0 Å². The van der Waals surface area contributed by atoms with E-state index in [0.29, 0.717) is 0 Å². The summed E-state index contributed by atoms with van der Waals surface area (Å²) in [6.07, 6.45) is 0. The van der Waals surface area contributed by atoms with Gasteiger partial charge in [-0.05, 0) is 19.4 Å². The van der Waals surface area contributed by atoms with Crippen molar-refractivity contribution >= 4 is 11.8 Å². The largest absolute Gasteiger partial charge is 0.457 e. The van der Waals surface area contributed by atoms with Crippen LogP contribution in [0.3, 0.4) is 0 Å². The van der Waals surface area contributed by atoms with Gasteiger partial charge in [-0.2, -0.15) is 5.26 Å². The minimum absolute atomic E-state index is 0.00220. The number of carbonyl (C=O) groups excluding carboxylic acids is 2. The summed E-state index contributed by atoms with van der Waals surface area (Å²) < 4.78 is 5.59. The molecular formula is C17H17NO3. The lowest BCUT2D eigenvalue weighted by atomic mass is 9.40. The number of esters is 1. The van der Waals surface area contributed by atoms with Crippen LogP contribution in [-0.4, -0.2) is 17.4 Å². The Morgan fingerprint density at radius 1 is 1.29 bits per heavy atom. The van der Waals surface area contributed by atoms with E-state index in [2.05, 4.69) is 0 Å². The fourth-order valence-electron chi connectivity index (χ4n) is 4.38. The second-order valence-electron chi connectivity index (χ2n) is 6.35. The monoisotopic (exact) mass is 283 g/mol. The third kappa shape index (κ3) is 1.44. The maximum Gasteiger partial charge on any atom is 0.324 e. The molecule has 1 saturated carbocycles. The summed E-state index contributed by atoms with van der Waals surface area (Å²) in [5.74, 6) is -1.95. The summed E-state index contributed by atoms with van der Waals surface area (Å²) in [7, 11) is 0. The first-order valence-corrected chi connectivity index (χ1v) is 7.05. The van der Waals surface area contributed by atoms with Crippen LogP contribution in [-0.2, 0) is 14.3 Å². The molecule has 1 heterocycles. The second kappa shape index (κ2) is 4.17. The van der Waals surface area contributed by atoms with E-state index >= 15 is 0 Å². The van der Waals surface area contributed by atoms with Crippen LogP contribution in [0.5, 0.6) is 0 Å². The highest BCUT2D eigenvalue weighted by molar-refractivity contribution is 5.89. The molecule has 0 amide bonds. The fraction of sp³-hybridized carbons (Fsp3) is 0.471. The zero-order valence-corrected chi connectivity index (χ0v) is 12.3. The number of rotatable bonds is 2. The van der Waals surface area contributed by atoms with E-state index in [1.54, 1.807) is 0 Å². The van der Waals surface area contributed by atoms with Crippen LogP contribution in [0.4, 0.5) is 0 Å². The minimum atomic E-state index is -0.878. The summed E-state index contributed by atoms with van der Waals surface area (Å²) in [6.45, 7) is 5.21. The Hall–Kier alpha value is -2.15. The molecule has 108 valence electrons. The predicted molar refractivity (Wildman–Crippen MR) is 75.1 cm³/mol. The van der Waals surface area contributed by atoms with Gasteiger partial charge in [0.15, 0.2) is 5.92 Å². The lowest BCUT2D eigenvalue weighted by molar-refractivity contribution is -0.196. The summed E-state index contributed by atoms with van der Waals surface area (Å²) in [5, 5.41) is 9.33. The molecule has 0 unspecified atom stereocenters. The zero-order valence-electron chi connectivity index (χ0n) is 12.3. The van der Waals surface area contributed by atoms with Crippen LogP contribution in [0.2, 0.25) is 0 Å². The van der Waals surface area contributed by atoms with Crippen molar-refractivity contribution in [1.82, 2.24) is 0 Å². The van der Waals surface area contributed by atoms with E-state index in [9.17, 15) is 14.9 Å². The molecule has 1 aromatic rings. The SMILES string of the molecule is CC(=O)[C@H]1[C@@H](c2ccccc2)[C@@]2(C)OC(=O)[C@@H](C#N)[C@]12C. The number of nitrogens with zero attached hydrogens (tertiary/aromatic N) is 1. The molecule has 1 aliphatic carbocycles. The van der Waals surface area contributed by atoms with Crippen LogP contribution in [0.25, 0.3) is 0 Å². The van der Waals surface area contributed by atoms with E-state index in [0.717, 1.165) is 5.56 Å². The zero-order chi connectivity index (χ0) is 15.4. The molecule has 1 aliphatic heterocycles. The minimum Gasteiger partial charge on any atom is -0.457 e. The van der Waals surface area contributed by atoms with E-state index in [1.807, 2.05) is 50.2 Å². The molecule has 0 bridgehead atoms. The van der Waals surface area contributed by atoms with Crippen molar-refractivity contribution in [1.29, 1.82) is 5.26 Å². The van der Waals surface area contributed by atoms with Crippen molar-refractivity contribution in [3.8, 4) is 6.07 Å². The molecule has 5 atom stereocenters. The number of fused-ring (bicyclic) bond motifs is 1. The predicted octanol–water partition coefficient (Wildman–Crippen LogP) is 2.45. The topological polar surface area (TPSA) is 67.2 Å². The van der Waals surface area contributed by atoms with E-state index in [-0.39, 0.29) is 17.6 Å². The van der Waals surface area contributed by atoms with Gasteiger partial charge in [0.2, 0.25) is 0 Å². The maximum atomic E-state index is 12.2. The Labute approximate surface area is 123 Å². The first kappa shape index (κ1) is 13.8. The van der Waals surface area contributed by atoms with Crippen LogP contribution >= 0.6 is 0 Å². The molecule has 1 aromatic carbocycles. The number of hydrogen-bond donors (Lipinski definition) is 0. The van der Waals surface area contributed by atoms with Gasteiger partial charge in [-0.15, -0.1) is 0 Å². The van der Waals surface area contributed by atoms with Gasteiger partial charge >= 0.3 is 5.97 Å². The molecule has 0 aromatic heterocycles. The Balaban J connectivity index is 2.15. The number of carbonyl (C=O) groups is 2. The summed E-state index contributed by atoms with van der Waals surface area (Å²) in [6, 6.07) is 11.6. The molecule has 2 aliphatic rings. The molecule has 0 radical (unpaired) electrons. The van der Waals surface area contributed by atoms with Crippen molar-refractivity contribution < 1.29 is 14.3 Å². The Morgan fingerprint density at radius 2 is 1.90 bits per heavy atom. The van der Waals surface area contributed by atoms with Gasteiger partial charge in [0.1, 0.15) is 11.4 Å². The summed E-state index contributed by atoms with van der Waals surface area (Å²) in [5.41, 5.74) is -0.586. The highest BCUT2D eigenvalue weighted by Crippen LogP contribution is 2.71. The molecule has 0 N–H and O–H groups in total. The van der Waals surface area contributed by atoms with Crippen LogP contribution in [0.15, 0.2) is 30.3 Å². The van der Waals surface area contributed by atoms with Crippen molar-refractivity contribution in [3.05, 3.63) is 35.9 Å². The van der Waals surface area contributed by atoms with Gasteiger partial charge in [-0.25, -0.2) is 0 Å². The molecule has 4 heteroatoms. The fourth-order valence-corrected chi connectivity index (χ4v) is 4.38. The van der Waals surface area contributed by atoms with Crippen LogP contribution in [0, 0.1) is 28.6 Å². The van der Waals surface area contributed by atoms with Gasteiger partial charge < -0.3 is 4.74 Å². The van der Waals surface area contributed by atoms with Crippen molar-refractivity contribution in [2.24, 2.45) is 17.3 Å². The summed E-state index contributed by atoms with van der Waals surface area (Å²) in [4.78, 5) is 24.3. The maximum absolute atomic E-state index is 12.2. The number of ether oxygens (including phenoxy) is 1. The highest BCUT2D eigenvalue weighted by atomic mass is 16.6. The Kier molecular flexibility index (Phi) is 2.75. The van der Waals surface area contributed by atoms with Crippen molar-refractivity contribution in [2.45, 2.75) is 32.3 Å². The first-order valence-electron chi connectivity index (χ1n) is 7.05. The molecule has 3 rings (SSSR count). The lowest BCUT2D eigenvalue weighted by Crippen LogP contribution is -2.67. The summed E-state index contributed by atoms with van der Waals surface area (Å²) >= 11 is 0. The smallest absolute Gasteiger partial charge is 0.324 e. The van der Waals surface area contributed by atoms with E-state index in [4.69, 9.17) is 4.74 Å². The first-order chi connectivity index (χ1) is 9.88. The Morgan fingerprint density at radius 3 is 2.43 bits per heavy atom. The van der Waals surface area contributed by atoms with Gasteiger partial charge in [-0.3, -0.25) is 9.59 Å². The molecule has 4 nitrogen and oxygen atoms in total. The number of benzene rings is 1. The Bertz CT molecular complexity index is 662. The van der Waals surface area contributed by atoms with E-state index in [1.165, 1.54) is 6.92 Å². The van der Waals surface area contributed by atoms with Crippen LogP contribution in [0.1, 0.15) is 32.3 Å². The molecule has 0 spiro atoms. The lowest BCUT2D eigenvalue weighted by Gasteiger charge is -2.61. The second-order valence-corrected chi connectivity index (χ2v) is 6.35. The number of ketones is 1. The average Bonchev–Trinajstić information content (AvgIpc) is 2.59. The number of hydrogen-bond acceptors (Lipinski definition) is 4. The molecule has 1 saturated heterocycles. The highest BCUT2D eigenvalue weighted by Gasteiger charge is 2.79. The van der Waals surface area contributed by atoms with Gasteiger partial charge in [0.05, 0.1) is 6.07 Å². The quantitative estimate of drug-likeness (QED) is 0.782. The van der Waals surface area contributed by atoms with Gasteiger partial charge in [-0.1, -0.05) is 37.3 Å². The third-order valence-corrected chi connectivity index (χ3v) is 5.52. The molecule has 21 heavy (non-hydrogen) atoms. The van der Waals surface area contributed by atoms with Crippen LogP contribution < -0.4 is 0 Å². The van der Waals surface area contributed by atoms with Gasteiger partial charge in [0, 0.05) is 17.3 Å². The van der Waals surface area contributed by atoms with E-state index < -0.39 is 22.9 Å². The molecule has 2 fully saturated rings. The third-order valence-electron chi connectivity index (χ3n) is 5.52. The number of Topliss-reactive ketones (excluding diaryl/α,β-unsaturated/α-hetero) is 1. The molecular weight excluding hydrogens is 266 g/mol.